The van der Waals surface area contributed by atoms with Crippen LogP contribution in [-0.4, -0.2) is 58.4 Å². The smallest absolute Gasteiger partial charge is 0.246 e. The number of halogens is 1. The van der Waals surface area contributed by atoms with E-state index >= 15 is 0 Å². The van der Waals surface area contributed by atoms with Gasteiger partial charge in [-0.05, 0) is 80.7 Å². The number of nitrogens with one attached hydrogen (secondary N) is 2. The molecule has 4 N–H and O–H groups in total. The SMILES string of the molecule is CN[C@@H](C)C(=O)NC1CC([C@@H]2CCCc3cc(Br)ccc32)SC2CC(C)(C)C(C(N)=O)N2C1=O. The summed E-state index contributed by atoms with van der Waals surface area (Å²) in [6.07, 6.45) is 4.42. The molecule has 9 heteroatoms. The third kappa shape index (κ3) is 4.75. The first-order chi connectivity index (χ1) is 16.0. The summed E-state index contributed by atoms with van der Waals surface area (Å²) in [5.41, 5.74) is 8.08. The number of primary amides is 1. The van der Waals surface area contributed by atoms with Crippen LogP contribution in [-0.2, 0) is 20.8 Å². The fourth-order valence-corrected chi connectivity index (χ4v) is 8.36. The van der Waals surface area contributed by atoms with E-state index in [0.29, 0.717) is 12.8 Å². The molecule has 0 radical (unpaired) electrons. The number of nitrogens with zero attached hydrogens (tertiary/aromatic N) is 1. The average Bonchev–Trinajstić information content (AvgIpc) is 2.99. The predicted octanol–water partition coefficient (Wildman–Crippen LogP) is 2.91. The molecule has 2 fully saturated rings. The molecule has 34 heavy (non-hydrogen) atoms. The molecule has 3 aliphatic rings. The average molecular weight is 552 g/mol. The van der Waals surface area contributed by atoms with E-state index in [9.17, 15) is 14.4 Å². The van der Waals surface area contributed by atoms with E-state index in [4.69, 9.17) is 5.73 Å². The van der Waals surface area contributed by atoms with Crippen LogP contribution in [0.1, 0.15) is 63.5 Å². The van der Waals surface area contributed by atoms with Gasteiger partial charge >= 0.3 is 0 Å². The van der Waals surface area contributed by atoms with Crippen molar-refractivity contribution in [3.63, 3.8) is 0 Å². The first-order valence-corrected chi connectivity index (χ1v) is 13.8. The lowest BCUT2D eigenvalue weighted by Crippen LogP contribution is -2.57. The van der Waals surface area contributed by atoms with Gasteiger partial charge in [0.1, 0.15) is 12.1 Å². The second-order valence-corrected chi connectivity index (χ2v) is 12.9. The fraction of sp³-hybridized carbons (Fsp3) is 0.640. The molecule has 3 amide bonds. The number of likely N-dealkylation sites (N-methyl/N-ethyl adjacent to an activating group) is 1. The van der Waals surface area contributed by atoms with E-state index < -0.39 is 29.4 Å². The minimum absolute atomic E-state index is 0.136. The van der Waals surface area contributed by atoms with Gasteiger partial charge in [0, 0.05) is 9.72 Å². The molecule has 4 rings (SSSR count). The molecule has 0 spiro atoms. The molecule has 0 bridgehead atoms. The van der Waals surface area contributed by atoms with Gasteiger partial charge in [-0.3, -0.25) is 14.4 Å². The summed E-state index contributed by atoms with van der Waals surface area (Å²) in [6.45, 7) is 5.78. The van der Waals surface area contributed by atoms with Crippen LogP contribution in [0.25, 0.3) is 0 Å². The summed E-state index contributed by atoms with van der Waals surface area (Å²) >= 11 is 5.39. The Morgan fingerprint density at radius 3 is 2.74 bits per heavy atom. The maximum absolute atomic E-state index is 13.9. The quantitative estimate of drug-likeness (QED) is 0.522. The van der Waals surface area contributed by atoms with E-state index in [1.165, 1.54) is 11.1 Å². The molecule has 1 aromatic rings. The highest BCUT2D eigenvalue weighted by Crippen LogP contribution is 2.51. The van der Waals surface area contributed by atoms with Crippen molar-refractivity contribution in [3.05, 3.63) is 33.8 Å². The Kier molecular flexibility index (Phi) is 7.37. The Morgan fingerprint density at radius 2 is 2.06 bits per heavy atom. The zero-order valence-electron chi connectivity index (χ0n) is 20.3. The molecule has 1 aliphatic carbocycles. The molecule has 4 unspecified atom stereocenters. The van der Waals surface area contributed by atoms with Crippen molar-refractivity contribution in [2.24, 2.45) is 11.1 Å². The first-order valence-electron chi connectivity index (χ1n) is 12.1. The topological polar surface area (TPSA) is 105 Å². The van der Waals surface area contributed by atoms with Gasteiger partial charge in [0.2, 0.25) is 17.7 Å². The number of benzene rings is 1. The molecular formula is C25H35BrN4O3S. The number of nitrogens with two attached hydrogens (primary N) is 1. The van der Waals surface area contributed by atoms with E-state index in [1.54, 1.807) is 30.6 Å². The lowest BCUT2D eigenvalue weighted by atomic mass is 9.79. The normalized spacial score (nSPS) is 31.3. The van der Waals surface area contributed by atoms with Gasteiger partial charge < -0.3 is 21.3 Å². The van der Waals surface area contributed by atoms with Crippen molar-refractivity contribution in [2.45, 2.75) is 87.5 Å². The Labute approximate surface area is 214 Å². The highest BCUT2D eigenvalue weighted by Gasteiger charge is 2.55. The fourth-order valence-electron chi connectivity index (χ4n) is 5.89. The van der Waals surface area contributed by atoms with Crippen LogP contribution in [0.3, 0.4) is 0 Å². The van der Waals surface area contributed by atoms with Crippen molar-refractivity contribution >= 4 is 45.4 Å². The number of carbonyl (C=O) groups is 3. The van der Waals surface area contributed by atoms with Crippen molar-refractivity contribution in [3.8, 4) is 0 Å². The van der Waals surface area contributed by atoms with Crippen molar-refractivity contribution in [1.82, 2.24) is 15.5 Å². The van der Waals surface area contributed by atoms with E-state index in [-0.39, 0.29) is 28.4 Å². The van der Waals surface area contributed by atoms with Gasteiger partial charge in [-0.2, -0.15) is 0 Å². The van der Waals surface area contributed by atoms with Gasteiger partial charge in [-0.25, -0.2) is 0 Å². The molecule has 6 atom stereocenters. The van der Waals surface area contributed by atoms with Crippen LogP contribution >= 0.6 is 27.7 Å². The second-order valence-electron chi connectivity index (χ2n) is 10.5. The monoisotopic (exact) mass is 550 g/mol. The summed E-state index contributed by atoms with van der Waals surface area (Å²) in [5, 5.41) is 5.93. The van der Waals surface area contributed by atoms with E-state index in [0.717, 1.165) is 23.7 Å². The molecule has 2 aliphatic heterocycles. The number of aryl methyl sites for hydroxylation is 1. The van der Waals surface area contributed by atoms with E-state index in [1.807, 2.05) is 13.8 Å². The van der Waals surface area contributed by atoms with Gasteiger partial charge in [0.15, 0.2) is 0 Å². The summed E-state index contributed by atoms with van der Waals surface area (Å²) in [5.74, 6) is -0.615. The highest BCUT2D eigenvalue weighted by molar-refractivity contribution is 9.10. The van der Waals surface area contributed by atoms with E-state index in [2.05, 4.69) is 44.8 Å². The number of carbonyl (C=O) groups excluding carboxylic acids is 3. The van der Waals surface area contributed by atoms with Crippen molar-refractivity contribution < 1.29 is 14.4 Å². The van der Waals surface area contributed by atoms with Crippen LogP contribution in [0, 0.1) is 5.41 Å². The highest BCUT2D eigenvalue weighted by atomic mass is 79.9. The summed E-state index contributed by atoms with van der Waals surface area (Å²) in [7, 11) is 1.72. The lowest BCUT2D eigenvalue weighted by Gasteiger charge is -2.33. The molecule has 7 nitrogen and oxygen atoms in total. The Bertz CT molecular complexity index is 987. The van der Waals surface area contributed by atoms with Crippen LogP contribution in [0.2, 0.25) is 0 Å². The third-order valence-corrected chi connectivity index (χ3v) is 9.78. The maximum Gasteiger partial charge on any atom is 0.246 e. The number of fused-ring (bicyclic) bond motifs is 2. The first kappa shape index (κ1) is 25.5. The van der Waals surface area contributed by atoms with Crippen molar-refractivity contribution in [1.29, 1.82) is 0 Å². The standard InChI is InChI=1S/C25H35BrN4O3S/c1-13(28-4)23(32)29-18-11-19(17-7-5-6-14-10-15(26)8-9-16(14)17)34-20-12-25(2,3)21(22(27)31)30(20)24(18)33/h8-10,13,17-21,28H,5-7,11-12H2,1-4H3,(H2,27,31)(H,29,32)/t13-,17+,18?,19?,20?,21?/m0/s1. The Balaban J connectivity index is 1.72. The summed E-state index contributed by atoms with van der Waals surface area (Å²) in [4.78, 5) is 40.9. The largest absolute Gasteiger partial charge is 0.368 e. The maximum atomic E-state index is 13.9. The number of rotatable bonds is 5. The Hall–Kier alpha value is -1.58. The number of hydrogen-bond donors (Lipinski definition) is 3. The number of amides is 3. The molecule has 2 heterocycles. The van der Waals surface area contributed by atoms with Crippen LogP contribution in [0.5, 0.6) is 0 Å². The van der Waals surface area contributed by atoms with Gasteiger partial charge in [0.25, 0.3) is 0 Å². The summed E-state index contributed by atoms with van der Waals surface area (Å²) in [6, 6.07) is 4.69. The molecule has 0 aromatic heterocycles. The number of thioether (sulfide) groups is 1. The minimum Gasteiger partial charge on any atom is -0.368 e. The molecule has 1 aromatic carbocycles. The summed E-state index contributed by atoms with van der Waals surface area (Å²) < 4.78 is 1.08. The lowest BCUT2D eigenvalue weighted by molar-refractivity contribution is -0.142. The zero-order valence-corrected chi connectivity index (χ0v) is 22.7. The molecule has 0 saturated carbocycles. The van der Waals surface area contributed by atoms with Crippen LogP contribution < -0.4 is 16.4 Å². The third-order valence-electron chi connectivity index (χ3n) is 7.71. The van der Waals surface area contributed by atoms with Crippen LogP contribution in [0.4, 0.5) is 0 Å². The second kappa shape index (κ2) is 9.82. The minimum atomic E-state index is -0.692. The van der Waals surface area contributed by atoms with Gasteiger partial charge in [-0.1, -0.05) is 35.8 Å². The van der Waals surface area contributed by atoms with Crippen molar-refractivity contribution in [2.75, 3.05) is 7.05 Å². The predicted molar refractivity (Wildman–Crippen MR) is 138 cm³/mol. The Morgan fingerprint density at radius 1 is 1.32 bits per heavy atom. The van der Waals surface area contributed by atoms with Crippen LogP contribution in [0.15, 0.2) is 22.7 Å². The molecule has 2 saturated heterocycles. The van der Waals surface area contributed by atoms with Gasteiger partial charge in [0.05, 0.1) is 11.4 Å². The molecule has 186 valence electrons. The molecular weight excluding hydrogens is 516 g/mol. The van der Waals surface area contributed by atoms with Gasteiger partial charge in [-0.15, -0.1) is 11.8 Å². The number of hydrogen-bond acceptors (Lipinski definition) is 5. The zero-order chi connectivity index (χ0) is 24.8.